The van der Waals surface area contributed by atoms with Crippen LogP contribution in [0.2, 0.25) is 0 Å². The Labute approximate surface area is 614 Å². The van der Waals surface area contributed by atoms with Gasteiger partial charge in [-0.2, -0.15) is 0 Å². The standard InChI is InChI=1S/C79H93N15O12/c1-88-41-57(49(15-23-80)35-71(88)97)50-31-65(103-3)59(66(32-50)104-4)43-90-25-17-48(18-26-90)72(93-29-21-79(22-30-93)46-94(47-79)54-8-10-62(83-38-54)74(99)85-64-12-14-70(96)87-76(64)101)52-36-78(19-27-92(28-20-78)53-7-9-61(82-37-53)73(98)84-63-11-13-69(95)86-75(63)100)45-91(40-52)44-60-67(105-5)33-51(34-68(60)106-6)58-42-89(2)77(102)56-39-81-24-16-55(56)58/h7-10,15-16,23-24,31-35,37-39,41-42,48,52,63-64,72H,11-14,17-22,25-30,36,40,43-47,80H2,1-6H3,(H,84,98)(H,85,99)(H,86,95,100)(H,87,96,101)/b23-15-. The Bertz CT molecular complexity index is 4630. The molecule has 27 heteroatoms. The van der Waals surface area contributed by atoms with Gasteiger partial charge in [-0.15, -0.1) is 0 Å². The first kappa shape index (κ1) is 72.4. The predicted octanol–water partition coefficient (Wildman–Crippen LogP) is 5.78. The van der Waals surface area contributed by atoms with E-state index in [1.54, 1.807) is 101 Å². The van der Waals surface area contributed by atoms with Gasteiger partial charge >= 0.3 is 0 Å². The number of pyridine rings is 5. The summed E-state index contributed by atoms with van der Waals surface area (Å²) in [6.45, 7) is 9.64. The molecule has 7 saturated heterocycles. The number of amides is 6. The van der Waals surface area contributed by atoms with Crippen molar-refractivity contribution < 1.29 is 47.7 Å². The Balaban J connectivity index is 0.754. The number of nitrogens with zero attached hydrogens (tertiary/aromatic N) is 10. The Morgan fingerprint density at radius 3 is 1.65 bits per heavy atom. The van der Waals surface area contributed by atoms with Crippen molar-refractivity contribution in [3.05, 3.63) is 153 Å². The molecule has 4 unspecified atom stereocenters. The first-order chi connectivity index (χ1) is 51.2. The Morgan fingerprint density at radius 2 is 1.12 bits per heavy atom. The summed E-state index contributed by atoms with van der Waals surface area (Å²) in [6, 6.07) is 17.5. The van der Waals surface area contributed by atoms with Crippen LogP contribution < -0.4 is 66.9 Å². The number of hydrogen-bond acceptors (Lipinski definition) is 21. The number of rotatable bonds is 20. The molecule has 6 N–H and O–H groups in total. The molecule has 27 nitrogen and oxygen atoms in total. The molecule has 7 aromatic rings. The van der Waals surface area contributed by atoms with E-state index in [-0.39, 0.29) is 82.8 Å². The number of carbonyl (C=O) groups is 6. The third-order valence-corrected chi connectivity index (χ3v) is 23.4. The number of carbonyl (C=O) groups excluding carboxylic acids is 6. The molecule has 556 valence electrons. The van der Waals surface area contributed by atoms with Gasteiger partial charge in [0.15, 0.2) is 0 Å². The third kappa shape index (κ3) is 14.9. The van der Waals surface area contributed by atoms with E-state index in [2.05, 4.69) is 72.9 Å². The van der Waals surface area contributed by atoms with E-state index >= 15 is 0 Å². The summed E-state index contributed by atoms with van der Waals surface area (Å²) in [6.07, 6.45) is 21.2. The van der Waals surface area contributed by atoms with Crippen LogP contribution in [-0.4, -0.2) is 186 Å². The number of aryl methyl sites for hydroxylation is 2. The van der Waals surface area contributed by atoms with Gasteiger partial charge in [-0.05, 0) is 190 Å². The molecule has 0 radical (unpaired) electrons. The zero-order valence-corrected chi connectivity index (χ0v) is 61.0. The fourth-order valence-corrected chi connectivity index (χ4v) is 17.7. The second-order valence-electron chi connectivity index (χ2n) is 29.9. The third-order valence-electron chi connectivity index (χ3n) is 23.4. The molecule has 6 amide bonds. The maximum atomic E-state index is 13.4. The molecule has 14 rings (SSSR count). The number of hydrogen-bond donors (Lipinski definition) is 5. The van der Waals surface area contributed by atoms with E-state index in [1.807, 2.05) is 42.7 Å². The van der Waals surface area contributed by atoms with Crippen LogP contribution in [0, 0.1) is 22.7 Å². The zero-order chi connectivity index (χ0) is 74.1. The van der Waals surface area contributed by atoms with Crippen molar-refractivity contribution in [2.24, 2.45) is 42.5 Å². The highest BCUT2D eigenvalue weighted by Crippen LogP contribution is 2.51. The molecule has 7 fully saturated rings. The summed E-state index contributed by atoms with van der Waals surface area (Å²) >= 11 is 0. The SMILES string of the molecule is COc1cc(-c2cn(C)c(=O)cc2/C=C\N)cc(OC)c1CN1CCC(C(C2CN(Cc3c(OC)cc(-c4cn(C)c(=O)c5cnccc45)cc3OC)CC3(CCN(c4ccc(C(=O)NC5CCC(=O)NC5=O)nc4)CC3)C2)N2CCC3(CC2)CN(c2ccc(C(=O)NC4CCC(=O)NC4=O)nc2)C3)CC1. The van der Waals surface area contributed by atoms with Crippen LogP contribution in [0.3, 0.4) is 0 Å². The molecular weight excluding hydrogens is 1350 g/mol. The van der Waals surface area contributed by atoms with Gasteiger partial charge in [0.2, 0.25) is 23.6 Å². The number of piperidine rings is 6. The predicted molar refractivity (Wildman–Crippen MR) is 399 cm³/mol. The number of anilines is 2. The van der Waals surface area contributed by atoms with Crippen molar-refractivity contribution in [1.29, 1.82) is 0 Å². The van der Waals surface area contributed by atoms with Crippen molar-refractivity contribution in [3.8, 4) is 45.3 Å². The molecule has 7 aliphatic heterocycles. The fraction of sp³-hybridized carbons (Fsp3) is 0.456. The Kier molecular flexibility index (Phi) is 20.9. The van der Waals surface area contributed by atoms with Crippen LogP contribution in [0.25, 0.3) is 39.1 Å². The maximum absolute atomic E-state index is 13.4. The summed E-state index contributed by atoms with van der Waals surface area (Å²) in [5.41, 5.74) is 13.7. The van der Waals surface area contributed by atoms with Crippen molar-refractivity contribution in [1.82, 2.24) is 60.1 Å². The number of nitrogens with two attached hydrogens (primary N) is 1. The molecule has 2 spiro atoms. The van der Waals surface area contributed by atoms with Crippen LogP contribution >= 0.6 is 0 Å². The van der Waals surface area contributed by atoms with Crippen LogP contribution in [0.1, 0.15) is 108 Å². The number of imide groups is 2. The second kappa shape index (κ2) is 30.5. The first-order valence-electron chi connectivity index (χ1n) is 36.7. The van der Waals surface area contributed by atoms with Crippen LogP contribution in [0.15, 0.2) is 114 Å². The highest BCUT2D eigenvalue weighted by Gasteiger charge is 2.51. The zero-order valence-electron chi connectivity index (χ0n) is 61.0. The van der Waals surface area contributed by atoms with Gasteiger partial charge < -0.3 is 54.2 Å². The van der Waals surface area contributed by atoms with E-state index in [9.17, 15) is 38.4 Å². The van der Waals surface area contributed by atoms with Gasteiger partial charge in [0.25, 0.3) is 22.9 Å². The minimum absolute atomic E-state index is 0.0909. The smallest absolute Gasteiger partial charge is 0.270 e. The number of methoxy groups -OCH3 is 4. The molecule has 2 aromatic carbocycles. The number of fused-ring (bicyclic) bond motifs is 1. The number of likely N-dealkylation sites (tertiary alicyclic amines) is 3. The highest BCUT2D eigenvalue weighted by molar-refractivity contribution is 6.04. The largest absolute Gasteiger partial charge is 0.496 e. The van der Waals surface area contributed by atoms with Crippen molar-refractivity contribution in [3.63, 3.8) is 0 Å². The molecule has 0 saturated carbocycles. The quantitative estimate of drug-likeness (QED) is 0.0565. The van der Waals surface area contributed by atoms with Gasteiger partial charge in [-0.25, -0.2) is 9.97 Å². The first-order valence-corrected chi connectivity index (χ1v) is 36.7. The Morgan fingerprint density at radius 1 is 0.594 bits per heavy atom. The summed E-state index contributed by atoms with van der Waals surface area (Å²) < 4.78 is 28.3. The fourth-order valence-electron chi connectivity index (χ4n) is 17.7. The lowest BCUT2D eigenvalue weighted by molar-refractivity contribution is -0.136. The monoisotopic (exact) mass is 1440 g/mol. The highest BCUT2D eigenvalue weighted by atomic mass is 16.5. The van der Waals surface area contributed by atoms with Crippen molar-refractivity contribution >= 4 is 63.7 Å². The molecule has 4 atom stereocenters. The van der Waals surface area contributed by atoms with Crippen molar-refractivity contribution in [2.45, 2.75) is 102 Å². The van der Waals surface area contributed by atoms with E-state index in [0.29, 0.717) is 53.0 Å². The van der Waals surface area contributed by atoms with E-state index in [1.165, 1.54) is 6.20 Å². The van der Waals surface area contributed by atoms with Crippen LogP contribution in [0.5, 0.6) is 23.0 Å². The van der Waals surface area contributed by atoms with Gasteiger partial charge in [0.05, 0.1) is 68.7 Å². The van der Waals surface area contributed by atoms with Crippen LogP contribution in [-0.2, 0) is 46.4 Å². The lowest BCUT2D eigenvalue weighted by Gasteiger charge is -2.58. The molecule has 7 aliphatic rings. The van der Waals surface area contributed by atoms with E-state index < -0.39 is 35.7 Å². The number of nitrogens with one attached hydrogen (secondary N) is 4. The lowest BCUT2D eigenvalue weighted by atomic mass is 9.64. The number of ether oxygens (including phenoxy) is 4. The van der Waals surface area contributed by atoms with E-state index in [0.717, 1.165) is 161 Å². The maximum Gasteiger partial charge on any atom is 0.270 e. The summed E-state index contributed by atoms with van der Waals surface area (Å²) in [5.74, 6) is 0.645. The number of aromatic nitrogens is 5. The normalized spacial score (nSPS) is 21.2. The summed E-state index contributed by atoms with van der Waals surface area (Å²) in [4.78, 5) is 128. The topological polar surface area (TPSA) is 312 Å². The lowest BCUT2D eigenvalue weighted by Crippen LogP contribution is -2.64. The van der Waals surface area contributed by atoms with Gasteiger partial charge in [-0.3, -0.25) is 68.7 Å². The molecule has 0 bridgehead atoms. The molecule has 5 aromatic heterocycles. The van der Waals surface area contributed by atoms with Crippen LogP contribution in [0.4, 0.5) is 11.4 Å². The van der Waals surface area contributed by atoms with Gasteiger partial charge in [0, 0.05) is 133 Å². The molecular formula is C79H93N15O12. The minimum Gasteiger partial charge on any atom is -0.496 e. The number of benzene rings is 2. The second-order valence-corrected chi connectivity index (χ2v) is 29.9. The summed E-state index contributed by atoms with van der Waals surface area (Å²) in [7, 11) is 10.3. The van der Waals surface area contributed by atoms with Gasteiger partial charge in [0.1, 0.15) is 46.5 Å². The van der Waals surface area contributed by atoms with Gasteiger partial charge in [-0.1, -0.05) is 0 Å². The average molecular weight is 1440 g/mol. The van der Waals surface area contributed by atoms with Crippen molar-refractivity contribution in [2.75, 3.05) is 104 Å². The molecule has 106 heavy (non-hydrogen) atoms. The average Bonchev–Trinajstić information content (AvgIpc) is 0.749. The minimum atomic E-state index is -0.820. The molecule has 0 aliphatic carbocycles. The summed E-state index contributed by atoms with van der Waals surface area (Å²) in [5, 5.41) is 11.4. The Hall–Kier alpha value is -10.5. The molecule has 12 heterocycles. The van der Waals surface area contributed by atoms with E-state index in [4.69, 9.17) is 24.7 Å².